The summed E-state index contributed by atoms with van der Waals surface area (Å²) in [5.41, 5.74) is -1.28. The van der Waals surface area contributed by atoms with E-state index in [1.165, 1.54) is 13.8 Å². The number of halogens is 2. The Kier molecular flexibility index (Phi) is 4.30. The van der Waals surface area contributed by atoms with Crippen molar-refractivity contribution < 1.29 is 13.9 Å². The Morgan fingerprint density at radius 2 is 1.69 bits per heavy atom. The van der Waals surface area contributed by atoms with Crippen LogP contribution in [0.3, 0.4) is 0 Å². The number of alkyl halides is 2. The molecule has 3 heteroatoms. The van der Waals surface area contributed by atoms with E-state index in [4.69, 9.17) is 0 Å². The van der Waals surface area contributed by atoms with Crippen molar-refractivity contribution in [2.75, 3.05) is 0 Å². The molecule has 13 heavy (non-hydrogen) atoms. The van der Waals surface area contributed by atoms with Gasteiger partial charge in [-0.3, -0.25) is 0 Å². The van der Waals surface area contributed by atoms with Crippen molar-refractivity contribution in [2.24, 2.45) is 5.92 Å². The topological polar surface area (TPSA) is 20.2 Å². The van der Waals surface area contributed by atoms with E-state index in [2.05, 4.69) is 0 Å². The molecule has 0 aliphatic rings. The Morgan fingerprint density at radius 1 is 1.23 bits per heavy atom. The van der Waals surface area contributed by atoms with Crippen LogP contribution in [-0.4, -0.2) is 16.6 Å². The van der Waals surface area contributed by atoms with Gasteiger partial charge in [-0.05, 0) is 26.2 Å². The van der Waals surface area contributed by atoms with Crippen LogP contribution < -0.4 is 0 Å². The minimum atomic E-state index is -2.73. The highest BCUT2D eigenvalue weighted by Crippen LogP contribution is 2.31. The molecule has 0 radical (unpaired) electrons. The molecule has 0 bridgehead atoms. The van der Waals surface area contributed by atoms with Gasteiger partial charge in [0, 0.05) is 12.8 Å². The summed E-state index contributed by atoms with van der Waals surface area (Å²) in [5, 5.41) is 9.24. The standard InChI is InChI=1S/C10H20F2O/c1-8(2)5-6-10(11,12)7-9(3,4)13/h8,13H,5-7H2,1-4H3. The van der Waals surface area contributed by atoms with Crippen molar-refractivity contribution in [1.82, 2.24) is 0 Å². The zero-order valence-corrected chi connectivity index (χ0v) is 8.90. The van der Waals surface area contributed by atoms with Crippen LogP contribution in [0, 0.1) is 5.92 Å². The van der Waals surface area contributed by atoms with Crippen LogP contribution in [-0.2, 0) is 0 Å². The molecule has 0 amide bonds. The van der Waals surface area contributed by atoms with Crippen LogP contribution in [0.15, 0.2) is 0 Å². The fourth-order valence-corrected chi connectivity index (χ4v) is 1.22. The Hall–Kier alpha value is -0.180. The molecule has 0 atom stereocenters. The van der Waals surface area contributed by atoms with Crippen molar-refractivity contribution in [3.8, 4) is 0 Å². The van der Waals surface area contributed by atoms with Crippen molar-refractivity contribution in [3.63, 3.8) is 0 Å². The summed E-state index contributed by atoms with van der Waals surface area (Å²) >= 11 is 0. The quantitative estimate of drug-likeness (QED) is 0.712. The number of hydrogen-bond donors (Lipinski definition) is 1. The normalized spacial score (nSPS) is 13.8. The van der Waals surface area contributed by atoms with E-state index in [9.17, 15) is 13.9 Å². The minimum absolute atomic E-state index is 0.130. The SMILES string of the molecule is CC(C)CCC(F)(F)CC(C)(C)O. The predicted molar refractivity (Wildman–Crippen MR) is 49.9 cm³/mol. The smallest absolute Gasteiger partial charge is 0.250 e. The number of rotatable bonds is 5. The van der Waals surface area contributed by atoms with Crippen molar-refractivity contribution >= 4 is 0 Å². The van der Waals surface area contributed by atoms with Crippen LogP contribution in [0.5, 0.6) is 0 Å². The summed E-state index contributed by atoms with van der Waals surface area (Å²) in [6.07, 6.45) is -0.0789. The molecule has 0 fully saturated rings. The second-order valence-electron chi connectivity index (χ2n) is 4.78. The van der Waals surface area contributed by atoms with Gasteiger partial charge in [-0.15, -0.1) is 0 Å². The molecule has 0 aromatic rings. The van der Waals surface area contributed by atoms with Crippen LogP contribution in [0.25, 0.3) is 0 Å². The summed E-state index contributed by atoms with van der Waals surface area (Å²) < 4.78 is 26.2. The van der Waals surface area contributed by atoms with E-state index in [1.807, 2.05) is 13.8 Å². The Labute approximate surface area is 79.1 Å². The van der Waals surface area contributed by atoms with E-state index in [0.29, 0.717) is 6.42 Å². The van der Waals surface area contributed by atoms with E-state index >= 15 is 0 Å². The van der Waals surface area contributed by atoms with Crippen molar-refractivity contribution in [3.05, 3.63) is 0 Å². The lowest BCUT2D eigenvalue weighted by atomic mass is 9.95. The first-order valence-electron chi connectivity index (χ1n) is 4.73. The molecule has 1 N–H and O–H groups in total. The molecular weight excluding hydrogens is 174 g/mol. The molecule has 1 nitrogen and oxygen atoms in total. The van der Waals surface area contributed by atoms with E-state index in [1.54, 1.807) is 0 Å². The molecule has 0 rings (SSSR count). The van der Waals surface area contributed by atoms with E-state index < -0.39 is 17.9 Å². The molecule has 0 aliphatic carbocycles. The molecule has 0 unspecified atom stereocenters. The first-order valence-corrected chi connectivity index (χ1v) is 4.73. The van der Waals surface area contributed by atoms with E-state index in [0.717, 1.165) is 0 Å². The molecule has 0 saturated carbocycles. The molecule has 0 aromatic carbocycles. The molecule has 0 heterocycles. The average molecular weight is 194 g/mol. The molecule has 0 aromatic heterocycles. The maximum Gasteiger partial charge on any atom is 0.250 e. The Bertz CT molecular complexity index is 147. The fourth-order valence-electron chi connectivity index (χ4n) is 1.22. The fraction of sp³-hybridized carbons (Fsp3) is 1.00. The van der Waals surface area contributed by atoms with Crippen LogP contribution in [0.2, 0.25) is 0 Å². The van der Waals surface area contributed by atoms with Gasteiger partial charge in [-0.25, -0.2) is 8.78 Å². The number of hydrogen-bond acceptors (Lipinski definition) is 1. The summed E-state index contributed by atoms with van der Waals surface area (Å²) in [5.74, 6) is -2.45. The first kappa shape index (κ1) is 12.8. The lowest BCUT2D eigenvalue weighted by molar-refractivity contribution is -0.0813. The van der Waals surface area contributed by atoms with Crippen LogP contribution in [0.1, 0.15) is 47.0 Å². The monoisotopic (exact) mass is 194 g/mol. The van der Waals surface area contributed by atoms with Gasteiger partial charge in [0.15, 0.2) is 0 Å². The minimum Gasteiger partial charge on any atom is -0.390 e. The Morgan fingerprint density at radius 3 is 2.00 bits per heavy atom. The summed E-state index contributed by atoms with van der Waals surface area (Å²) in [7, 11) is 0. The summed E-state index contributed by atoms with van der Waals surface area (Å²) in [6, 6.07) is 0. The largest absolute Gasteiger partial charge is 0.390 e. The third-order valence-electron chi connectivity index (χ3n) is 1.78. The molecule has 0 spiro atoms. The maximum atomic E-state index is 13.1. The molecule has 0 saturated heterocycles. The highest BCUT2D eigenvalue weighted by atomic mass is 19.3. The first-order chi connectivity index (χ1) is 5.62. The van der Waals surface area contributed by atoms with Gasteiger partial charge in [0.1, 0.15) is 0 Å². The second-order valence-corrected chi connectivity index (χ2v) is 4.78. The van der Waals surface area contributed by atoms with Gasteiger partial charge in [0.2, 0.25) is 0 Å². The zero-order chi connectivity index (χ0) is 10.7. The summed E-state index contributed by atoms with van der Waals surface area (Å²) in [4.78, 5) is 0. The third-order valence-corrected chi connectivity index (χ3v) is 1.78. The molecule has 0 aliphatic heterocycles. The van der Waals surface area contributed by atoms with Crippen LogP contribution in [0.4, 0.5) is 8.78 Å². The van der Waals surface area contributed by atoms with Gasteiger partial charge < -0.3 is 5.11 Å². The van der Waals surface area contributed by atoms with Crippen molar-refractivity contribution in [2.45, 2.75) is 58.5 Å². The zero-order valence-electron chi connectivity index (χ0n) is 8.90. The van der Waals surface area contributed by atoms with Gasteiger partial charge in [-0.1, -0.05) is 13.8 Å². The van der Waals surface area contributed by atoms with Gasteiger partial charge in [-0.2, -0.15) is 0 Å². The number of aliphatic hydroxyl groups is 1. The lowest BCUT2D eigenvalue weighted by Gasteiger charge is -2.25. The van der Waals surface area contributed by atoms with Crippen molar-refractivity contribution in [1.29, 1.82) is 0 Å². The molecule has 80 valence electrons. The van der Waals surface area contributed by atoms with Gasteiger partial charge in [0.05, 0.1) is 5.60 Å². The van der Waals surface area contributed by atoms with E-state index in [-0.39, 0.29) is 12.3 Å². The highest BCUT2D eigenvalue weighted by Gasteiger charge is 2.35. The second kappa shape index (κ2) is 4.36. The average Bonchev–Trinajstić information content (AvgIpc) is 1.78. The Balaban J connectivity index is 3.94. The van der Waals surface area contributed by atoms with Crippen LogP contribution >= 0.6 is 0 Å². The molecular formula is C10H20F2O. The summed E-state index contributed by atoms with van der Waals surface area (Å²) in [6.45, 7) is 6.66. The third kappa shape index (κ3) is 8.16. The van der Waals surface area contributed by atoms with Gasteiger partial charge in [0.25, 0.3) is 5.92 Å². The highest BCUT2D eigenvalue weighted by molar-refractivity contribution is 4.77. The lowest BCUT2D eigenvalue weighted by Crippen LogP contribution is -2.31. The van der Waals surface area contributed by atoms with Gasteiger partial charge >= 0.3 is 0 Å². The maximum absolute atomic E-state index is 13.1. The predicted octanol–water partition coefficient (Wildman–Crippen LogP) is 3.22.